The molecule has 1 aromatic rings. The fourth-order valence-corrected chi connectivity index (χ4v) is 3.34. The van der Waals surface area contributed by atoms with Gasteiger partial charge in [0, 0.05) is 13.1 Å². The molecule has 0 bridgehead atoms. The standard InChI is InChI=1S/C11H14ClN3O4S/c12-10-2-1-9(7-13-10)14-20(18,19)15-5-3-8(4-6-15)11(16)17/h1-2,7-8,14H,3-6H2,(H,16,17). The van der Waals surface area contributed by atoms with Gasteiger partial charge in [0.15, 0.2) is 0 Å². The highest BCUT2D eigenvalue weighted by Crippen LogP contribution is 2.21. The number of halogens is 1. The minimum atomic E-state index is -3.69. The van der Waals surface area contributed by atoms with Gasteiger partial charge in [-0.1, -0.05) is 11.6 Å². The number of aromatic nitrogens is 1. The number of aliphatic carboxylic acids is 1. The van der Waals surface area contributed by atoms with E-state index < -0.39 is 22.1 Å². The average Bonchev–Trinajstić information content (AvgIpc) is 2.41. The van der Waals surface area contributed by atoms with Crippen molar-refractivity contribution >= 4 is 33.5 Å². The van der Waals surface area contributed by atoms with Crippen molar-refractivity contribution in [2.24, 2.45) is 5.92 Å². The molecule has 2 N–H and O–H groups in total. The summed E-state index contributed by atoms with van der Waals surface area (Å²) in [5.41, 5.74) is 0.315. The molecule has 2 heterocycles. The van der Waals surface area contributed by atoms with Crippen molar-refractivity contribution in [1.29, 1.82) is 0 Å². The molecule has 7 nitrogen and oxygen atoms in total. The topological polar surface area (TPSA) is 99.6 Å². The quantitative estimate of drug-likeness (QED) is 0.812. The maximum atomic E-state index is 12.1. The number of carbonyl (C=O) groups is 1. The third-order valence-corrected chi connectivity index (χ3v) is 4.88. The number of pyridine rings is 1. The molecule has 0 radical (unpaired) electrons. The molecule has 1 aromatic heterocycles. The molecule has 1 aliphatic heterocycles. The predicted octanol–water partition coefficient (Wildman–Crippen LogP) is 1.19. The Labute approximate surface area is 121 Å². The largest absolute Gasteiger partial charge is 0.481 e. The van der Waals surface area contributed by atoms with Gasteiger partial charge in [0.25, 0.3) is 0 Å². The molecule has 2 rings (SSSR count). The highest BCUT2D eigenvalue weighted by Gasteiger charge is 2.30. The molecule has 0 aliphatic carbocycles. The molecule has 1 saturated heterocycles. The van der Waals surface area contributed by atoms with Crippen LogP contribution in [-0.4, -0.2) is 41.9 Å². The molecule has 0 amide bonds. The Morgan fingerprint density at radius 3 is 2.55 bits per heavy atom. The number of hydrogen-bond acceptors (Lipinski definition) is 4. The normalized spacial score (nSPS) is 17.9. The maximum absolute atomic E-state index is 12.1. The maximum Gasteiger partial charge on any atom is 0.306 e. The van der Waals surface area contributed by atoms with E-state index in [0.29, 0.717) is 18.5 Å². The van der Waals surface area contributed by atoms with E-state index in [2.05, 4.69) is 9.71 Å². The van der Waals surface area contributed by atoms with Crippen LogP contribution in [0.2, 0.25) is 5.15 Å². The zero-order valence-corrected chi connectivity index (χ0v) is 12.1. The van der Waals surface area contributed by atoms with Crippen molar-refractivity contribution in [2.75, 3.05) is 17.8 Å². The predicted molar refractivity (Wildman–Crippen MR) is 73.7 cm³/mol. The molecule has 0 spiro atoms. The number of hydrogen-bond donors (Lipinski definition) is 2. The molecule has 1 aliphatic rings. The van der Waals surface area contributed by atoms with Gasteiger partial charge in [0.05, 0.1) is 17.8 Å². The van der Waals surface area contributed by atoms with Gasteiger partial charge in [-0.05, 0) is 25.0 Å². The van der Waals surface area contributed by atoms with Crippen LogP contribution in [0.4, 0.5) is 5.69 Å². The number of carboxylic acids is 1. The molecule has 0 atom stereocenters. The van der Waals surface area contributed by atoms with E-state index in [1.807, 2.05) is 0 Å². The Kier molecular flexibility index (Phi) is 4.46. The summed E-state index contributed by atoms with van der Waals surface area (Å²) in [6.45, 7) is 0.376. The van der Waals surface area contributed by atoms with E-state index in [1.165, 1.54) is 22.6 Å². The molecular formula is C11H14ClN3O4S. The molecular weight excluding hydrogens is 306 g/mol. The number of rotatable bonds is 4. The fourth-order valence-electron chi connectivity index (χ4n) is 1.99. The van der Waals surface area contributed by atoms with Gasteiger partial charge in [-0.3, -0.25) is 9.52 Å². The van der Waals surface area contributed by atoms with Crippen LogP contribution in [-0.2, 0) is 15.0 Å². The minimum absolute atomic E-state index is 0.188. The van der Waals surface area contributed by atoms with E-state index in [0.717, 1.165) is 0 Å². The number of anilines is 1. The molecule has 1 fully saturated rings. The average molecular weight is 320 g/mol. The Morgan fingerprint density at radius 1 is 1.40 bits per heavy atom. The van der Waals surface area contributed by atoms with Crippen LogP contribution in [0.5, 0.6) is 0 Å². The van der Waals surface area contributed by atoms with Gasteiger partial charge in [-0.15, -0.1) is 0 Å². The van der Waals surface area contributed by atoms with Crippen LogP contribution in [0.15, 0.2) is 18.3 Å². The van der Waals surface area contributed by atoms with E-state index in [4.69, 9.17) is 16.7 Å². The zero-order valence-electron chi connectivity index (χ0n) is 10.5. The lowest BCUT2D eigenvalue weighted by Crippen LogP contribution is -2.42. The Balaban J connectivity index is 2.01. The van der Waals surface area contributed by atoms with E-state index in [1.54, 1.807) is 0 Å². The van der Waals surface area contributed by atoms with Crippen molar-refractivity contribution in [3.8, 4) is 0 Å². The van der Waals surface area contributed by atoms with Crippen LogP contribution in [0.3, 0.4) is 0 Å². The number of carboxylic acid groups (broad SMARTS) is 1. The lowest BCUT2D eigenvalue weighted by Gasteiger charge is -2.29. The Hall–Kier alpha value is -1.38. The van der Waals surface area contributed by atoms with Gasteiger partial charge in [0.1, 0.15) is 5.15 Å². The lowest BCUT2D eigenvalue weighted by atomic mass is 9.99. The molecule has 9 heteroatoms. The minimum Gasteiger partial charge on any atom is -0.481 e. The SMILES string of the molecule is O=C(O)C1CCN(S(=O)(=O)Nc2ccc(Cl)nc2)CC1. The first kappa shape index (κ1) is 15.0. The summed E-state index contributed by atoms with van der Waals surface area (Å²) in [7, 11) is -3.69. The van der Waals surface area contributed by atoms with Crippen molar-refractivity contribution in [1.82, 2.24) is 9.29 Å². The molecule has 0 unspecified atom stereocenters. The summed E-state index contributed by atoms with van der Waals surface area (Å²) in [4.78, 5) is 14.6. The van der Waals surface area contributed by atoms with Crippen molar-refractivity contribution in [3.05, 3.63) is 23.5 Å². The third-order valence-electron chi connectivity index (χ3n) is 3.12. The number of nitrogens with zero attached hydrogens (tertiary/aromatic N) is 2. The van der Waals surface area contributed by atoms with E-state index in [-0.39, 0.29) is 18.2 Å². The van der Waals surface area contributed by atoms with Gasteiger partial charge in [-0.2, -0.15) is 12.7 Å². The van der Waals surface area contributed by atoms with Crippen molar-refractivity contribution in [2.45, 2.75) is 12.8 Å². The monoisotopic (exact) mass is 319 g/mol. The summed E-state index contributed by atoms with van der Waals surface area (Å²) in [6, 6.07) is 2.99. The van der Waals surface area contributed by atoms with Crippen LogP contribution in [0.1, 0.15) is 12.8 Å². The highest BCUT2D eigenvalue weighted by atomic mass is 35.5. The second-order valence-corrected chi connectivity index (χ2v) is 6.55. The third kappa shape index (κ3) is 3.59. The first-order valence-corrected chi connectivity index (χ1v) is 7.82. The van der Waals surface area contributed by atoms with Crippen LogP contribution >= 0.6 is 11.6 Å². The van der Waals surface area contributed by atoms with Crippen LogP contribution < -0.4 is 4.72 Å². The summed E-state index contributed by atoms with van der Waals surface area (Å²) in [6.07, 6.45) is 1.95. The van der Waals surface area contributed by atoms with E-state index >= 15 is 0 Å². The van der Waals surface area contributed by atoms with E-state index in [9.17, 15) is 13.2 Å². The van der Waals surface area contributed by atoms with Crippen LogP contribution in [0, 0.1) is 5.92 Å². The summed E-state index contributed by atoms with van der Waals surface area (Å²) in [5.74, 6) is -1.35. The highest BCUT2D eigenvalue weighted by molar-refractivity contribution is 7.90. The number of nitrogens with one attached hydrogen (secondary N) is 1. The van der Waals surface area contributed by atoms with Gasteiger partial charge in [0.2, 0.25) is 0 Å². The summed E-state index contributed by atoms with van der Waals surface area (Å²) >= 11 is 5.62. The number of piperidine rings is 1. The summed E-state index contributed by atoms with van der Waals surface area (Å²) < 4.78 is 27.9. The van der Waals surface area contributed by atoms with Crippen molar-refractivity contribution in [3.63, 3.8) is 0 Å². The van der Waals surface area contributed by atoms with Crippen molar-refractivity contribution < 1.29 is 18.3 Å². The zero-order chi connectivity index (χ0) is 14.8. The second kappa shape index (κ2) is 5.94. The van der Waals surface area contributed by atoms with Gasteiger partial charge >= 0.3 is 16.2 Å². The fraction of sp³-hybridized carbons (Fsp3) is 0.455. The smallest absolute Gasteiger partial charge is 0.306 e. The molecule has 20 heavy (non-hydrogen) atoms. The second-order valence-electron chi connectivity index (χ2n) is 4.49. The molecule has 110 valence electrons. The molecule has 0 saturated carbocycles. The lowest BCUT2D eigenvalue weighted by molar-refractivity contribution is -0.142. The molecule has 0 aromatic carbocycles. The summed E-state index contributed by atoms with van der Waals surface area (Å²) in [5, 5.41) is 9.16. The van der Waals surface area contributed by atoms with Gasteiger partial charge < -0.3 is 5.11 Å². The Morgan fingerprint density at radius 2 is 2.05 bits per heavy atom. The van der Waals surface area contributed by atoms with Gasteiger partial charge in [-0.25, -0.2) is 4.98 Å². The first-order valence-electron chi connectivity index (χ1n) is 6.01. The van der Waals surface area contributed by atoms with Crippen LogP contribution in [0.25, 0.3) is 0 Å². The Bertz CT molecular complexity index is 582. The first-order chi connectivity index (χ1) is 9.38.